The third-order valence-electron chi connectivity index (χ3n) is 3.14. The Bertz CT molecular complexity index is 273. The molecule has 1 aromatic heterocycles. The minimum absolute atomic E-state index is 0.655. The lowest BCUT2D eigenvalue weighted by atomic mass is 9.81. The molecular formula is C11H17N3. The highest BCUT2D eigenvalue weighted by atomic mass is 14.9. The van der Waals surface area contributed by atoms with E-state index < -0.39 is 0 Å². The lowest BCUT2D eigenvalue weighted by Crippen LogP contribution is -2.35. The van der Waals surface area contributed by atoms with Crippen molar-refractivity contribution < 1.29 is 0 Å². The van der Waals surface area contributed by atoms with Gasteiger partial charge in [-0.3, -0.25) is 0 Å². The van der Waals surface area contributed by atoms with E-state index in [4.69, 9.17) is 0 Å². The largest absolute Gasteiger partial charge is 0.316 e. The first kappa shape index (κ1) is 9.59. The molecule has 76 valence electrons. The molecule has 0 aromatic carbocycles. The molecule has 2 rings (SSSR count). The first-order valence-corrected chi connectivity index (χ1v) is 5.37. The van der Waals surface area contributed by atoms with Gasteiger partial charge in [0.15, 0.2) is 0 Å². The van der Waals surface area contributed by atoms with Crippen LogP contribution in [0, 0.1) is 5.92 Å². The topological polar surface area (TPSA) is 37.8 Å². The van der Waals surface area contributed by atoms with Crippen LogP contribution in [-0.2, 0) is 0 Å². The summed E-state index contributed by atoms with van der Waals surface area (Å²) < 4.78 is 0. The quantitative estimate of drug-likeness (QED) is 0.771. The van der Waals surface area contributed by atoms with Gasteiger partial charge in [0.05, 0.1) is 0 Å². The Morgan fingerprint density at radius 1 is 1.43 bits per heavy atom. The van der Waals surface area contributed by atoms with E-state index in [1.54, 1.807) is 6.33 Å². The molecule has 3 heteroatoms. The molecule has 1 N–H and O–H groups in total. The van der Waals surface area contributed by atoms with E-state index in [1.165, 1.54) is 18.4 Å². The van der Waals surface area contributed by atoms with Crippen molar-refractivity contribution in [2.24, 2.45) is 5.92 Å². The van der Waals surface area contributed by atoms with Crippen LogP contribution in [0.15, 0.2) is 18.7 Å². The normalized spacial score (nSPS) is 27.5. The van der Waals surface area contributed by atoms with Crippen LogP contribution in [0.3, 0.4) is 0 Å². The lowest BCUT2D eigenvalue weighted by molar-refractivity contribution is 0.317. The zero-order valence-corrected chi connectivity index (χ0v) is 8.61. The van der Waals surface area contributed by atoms with Crippen LogP contribution in [0.25, 0.3) is 0 Å². The van der Waals surface area contributed by atoms with Crippen molar-refractivity contribution in [3.05, 3.63) is 24.3 Å². The summed E-state index contributed by atoms with van der Waals surface area (Å²) in [6.45, 7) is 4.51. The molecular weight excluding hydrogens is 174 g/mol. The number of nitrogens with zero attached hydrogens (tertiary/aromatic N) is 2. The number of hydrogen-bond donors (Lipinski definition) is 1. The summed E-state index contributed by atoms with van der Waals surface area (Å²) in [6, 6.07) is 0. The maximum absolute atomic E-state index is 4.10. The van der Waals surface area contributed by atoms with Crippen LogP contribution in [0.4, 0.5) is 0 Å². The fourth-order valence-electron chi connectivity index (χ4n) is 2.29. The van der Waals surface area contributed by atoms with Crippen molar-refractivity contribution in [3.63, 3.8) is 0 Å². The second-order valence-electron chi connectivity index (χ2n) is 3.94. The third-order valence-corrected chi connectivity index (χ3v) is 3.14. The van der Waals surface area contributed by atoms with Gasteiger partial charge in [-0.05, 0) is 36.9 Å². The Morgan fingerprint density at radius 3 is 2.93 bits per heavy atom. The van der Waals surface area contributed by atoms with Crippen molar-refractivity contribution >= 4 is 0 Å². The summed E-state index contributed by atoms with van der Waals surface area (Å²) in [5.41, 5.74) is 1.31. The second kappa shape index (κ2) is 4.51. The first-order chi connectivity index (χ1) is 6.92. The molecule has 14 heavy (non-hydrogen) atoms. The van der Waals surface area contributed by atoms with Crippen LogP contribution in [0.1, 0.15) is 31.2 Å². The summed E-state index contributed by atoms with van der Waals surface area (Å²) >= 11 is 0. The molecule has 1 aromatic rings. The zero-order chi connectivity index (χ0) is 9.80. The molecule has 0 aliphatic carbocycles. The van der Waals surface area contributed by atoms with Gasteiger partial charge in [-0.2, -0.15) is 0 Å². The highest BCUT2D eigenvalue weighted by molar-refractivity contribution is 5.12. The summed E-state index contributed by atoms with van der Waals surface area (Å²) in [6.07, 6.45) is 7.97. The molecule has 2 atom stereocenters. The summed E-state index contributed by atoms with van der Waals surface area (Å²) in [5, 5.41) is 3.44. The first-order valence-electron chi connectivity index (χ1n) is 5.37. The van der Waals surface area contributed by atoms with Crippen molar-refractivity contribution in [1.29, 1.82) is 0 Å². The summed E-state index contributed by atoms with van der Waals surface area (Å²) in [4.78, 5) is 8.19. The second-order valence-corrected chi connectivity index (χ2v) is 3.94. The van der Waals surface area contributed by atoms with Gasteiger partial charge in [-0.1, -0.05) is 13.3 Å². The molecule has 0 amide bonds. The number of hydrogen-bond acceptors (Lipinski definition) is 3. The predicted molar refractivity (Wildman–Crippen MR) is 56.0 cm³/mol. The number of rotatable bonds is 2. The van der Waals surface area contributed by atoms with E-state index in [-0.39, 0.29) is 0 Å². The maximum atomic E-state index is 4.10. The Kier molecular flexibility index (Phi) is 3.09. The molecule has 1 aliphatic heterocycles. The van der Waals surface area contributed by atoms with Crippen molar-refractivity contribution in [2.45, 2.75) is 25.7 Å². The summed E-state index contributed by atoms with van der Waals surface area (Å²) in [5.74, 6) is 1.40. The van der Waals surface area contributed by atoms with Gasteiger partial charge in [0.25, 0.3) is 0 Å². The van der Waals surface area contributed by atoms with Gasteiger partial charge in [-0.25, -0.2) is 9.97 Å². The average molecular weight is 191 g/mol. The van der Waals surface area contributed by atoms with Gasteiger partial charge in [0.2, 0.25) is 0 Å². The standard InChI is InChI=1S/C11H17N3/c1-2-9-5-12-4-3-11(9)10-6-13-8-14-7-10/h6-9,11-12H,2-5H2,1H3. The fourth-order valence-corrected chi connectivity index (χ4v) is 2.29. The number of piperidine rings is 1. The van der Waals surface area contributed by atoms with Crippen LogP contribution in [0.2, 0.25) is 0 Å². The van der Waals surface area contributed by atoms with Crippen molar-refractivity contribution in [3.8, 4) is 0 Å². The summed E-state index contributed by atoms with van der Waals surface area (Å²) in [7, 11) is 0. The molecule has 3 nitrogen and oxygen atoms in total. The fraction of sp³-hybridized carbons (Fsp3) is 0.636. The van der Waals surface area contributed by atoms with E-state index in [0.29, 0.717) is 5.92 Å². The molecule has 2 unspecified atom stereocenters. The van der Waals surface area contributed by atoms with Crippen molar-refractivity contribution in [1.82, 2.24) is 15.3 Å². The molecule has 0 radical (unpaired) electrons. The molecule has 2 heterocycles. The number of aromatic nitrogens is 2. The van der Waals surface area contributed by atoms with Crippen LogP contribution in [-0.4, -0.2) is 23.1 Å². The average Bonchev–Trinajstić information content (AvgIpc) is 2.30. The van der Waals surface area contributed by atoms with Gasteiger partial charge in [-0.15, -0.1) is 0 Å². The Morgan fingerprint density at radius 2 is 2.21 bits per heavy atom. The van der Waals surface area contributed by atoms with E-state index in [9.17, 15) is 0 Å². The molecule has 1 saturated heterocycles. The Labute approximate surface area is 85.0 Å². The van der Waals surface area contributed by atoms with Crippen LogP contribution < -0.4 is 5.32 Å². The SMILES string of the molecule is CCC1CNCCC1c1cncnc1. The van der Waals surface area contributed by atoms with Gasteiger partial charge in [0, 0.05) is 12.4 Å². The maximum Gasteiger partial charge on any atom is 0.115 e. The minimum Gasteiger partial charge on any atom is -0.316 e. The Balaban J connectivity index is 2.15. The highest BCUT2D eigenvalue weighted by Gasteiger charge is 2.24. The van der Waals surface area contributed by atoms with E-state index in [2.05, 4.69) is 22.2 Å². The number of nitrogens with one attached hydrogen (secondary N) is 1. The van der Waals surface area contributed by atoms with Gasteiger partial charge < -0.3 is 5.32 Å². The monoisotopic (exact) mass is 191 g/mol. The Hall–Kier alpha value is -0.960. The van der Waals surface area contributed by atoms with E-state index in [0.717, 1.165) is 19.0 Å². The molecule has 1 fully saturated rings. The lowest BCUT2D eigenvalue weighted by Gasteiger charge is -2.31. The van der Waals surface area contributed by atoms with Gasteiger partial charge in [0.1, 0.15) is 6.33 Å². The zero-order valence-electron chi connectivity index (χ0n) is 8.61. The predicted octanol–water partition coefficient (Wildman–Crippen LogP) is 1.58. The molecule has 0 saturated carbocycles. The van der Waals surface area contributed by atoms with E-state index >= 15 is 0 Å². The minimum atomic E-state index is 0.655. The van der Waals surface area contributed by atoms with Gasteiger partial charge >= 0.3 is 0 Å². The smallest absolute Gasteiger partial charge is 0.115 e. The third kappa shape index (κ3) is 1.93. The molecule has 0 spiro atoms. The van der Waals surface area contributed by atoms with Crippen LogP contribution in [0.5, 0.6) is 0 Å². The highest BCUT2D eigenvalue weighted by Crippen LogP contribution is 2.31. The van der Waals surface area contributed by atoms with E-state index in [1.807, 2.05) is 12.4 Å². The molecule has 1 aliphatic rings. The van der Waals surface area contributed by atoms with Crippen molar-refractivity contribution in [2.75, 3.05) is 13.1 Å². The molecule has 0 bridgehead atoms. The van der Waals surface area contributed by atoms with Crippen LogP contribution >= 0.6 is 0 Å².